The number of aliphatic hydroxyl groups is 2. The first kappa shape index (κ1) is 33.6. The molecule has 0 rings (SSSR count). The smallest absolute Gasteiger partial charge is 0.220 e. The summed E-state index contributed by atoms with van der Waals surface area (Å²) in [5.41, 5.74) is 0. The van der Waals surface area contributed by atoms with Crippen molar-refractivity contribution in [3.8, 4) is 0 Å². The van der Waals surface area contributed by atoms with Crippen LogP contribution in [0.3, 0.4) is 0 Å². The van der Waals surface area contributed by atoms with Crippen molar-refractivity contribution in [1.29, 1.82) is 0 Å². The van der Waals surface area contributed by atoms with Crippen molar-refractivity contribution < 1.29 is 15.0 Å². The van der Waals surface area contributed by atoms with Crippen LogP contribution in [-0.2, 0) is 4.79 Å². The maximum absolute atomic E-state index is 12.2. The molecule has 0 aromatic rings. The molecule has 0 spiro atoms. The van der Waals surface area contributed by atoms with Gasteiger partial charge in [0.25, 0.3) is 0 Å². The molecule has 0 fully saturated rings. The van der Waals surface area contributed by atoms with E-state index in [0.29, 0.717) is 6.42 Å². The van der Waals surface area contributed by atoms with Gasteiger partial charge in [0.1, 0.15) is 0 Å². The Morgan fingerprint density at radius 2 is 1.14 bits per heavy atom. The highest BCUT2D eigenvalue weighted by atomic mass is 16.3. The molecular formula is C31H57NO3. The Bertz CT molecular complexity index is 541. The predicted octanol–water partition coefficient (Wildman–Crippen LogP) is 7.94. The second kappa shape index (κ2) is 27.2. The minimum Gasteiger partial charge on any atom is -0.394 e. The van der Waals surface area contributed by atoms with Gasteiger partial charge in [0, 0.05) is 6.42 Å². The summed E-state index contributed by atoms with van der Waals surface area (Å²) < 4.78 is 0. The van der Waals surface area contributed by atoms with Gasteiger partial charge in [0.15, 0.2) is 0 Å². The fourth-order valence-electron chi connectivity index (χ4n) is 3.99. The highest BCUT2D eigenvalue weighted by Gasteiger charge is 2.17. The van der Waals surface area contributed by atoms with Crippen LogP contribution in [0.5, 0.6) is 0 Å². The van der Waals surface area contributed by atoms with Gasteiger partial charge in [-0.05, 0) is 51.4 Å². The van der Waals surface area contributed by atoms with Crippen molar-refractivity contribution in [2.45, 2.75) is 148 Å². The van der Waals surface area contributed by atoms with Crippen LogP contribution in [-0.4, -0.2) is 34.9 Å². The maximum atomic E-state index is 12.2. The van der Waals surface area contributed by atoms with Crippen LogP contribution in [0.2, 0.25) is 0 Å². The third kappa shape index (κ3) is 24.1. The van der Waals surface area contributed by atoms with Gasteiger partial charge in [-0.25, -0.2) is 0 Å². The van der Waals surface area contributed by atoms with E-state index in [2.05, 4.69) is 43.5 Å². The third-order valence-corrected chi connectivity index (χ3v) is 6.35. The minimum absolute atomic E-state index is 0.0898. The zero-order chi connectivity index (χ0) is 25.8. The Hall–Kier alpha value is -1.39. The number of rotatable bonds is 25. The van der Waals surface area contributed by atoms with Gasteiger partial charge in [-0.1, -0.05) is 115 Å². The number of unbranched alkanes of at least 4 members (excludes halogenated alkanes) is 14. The molecule has 1 amide bonds. The van der Waals surface area contributed by atoms with Crippen molar-refractivity contribution in [1.82, 2.24) is 5.32 Å². The zero-order valence-corrected chi connectivity index (χ0v) is 23.1. The second-order valence-corrected chi connectivity index (χ2v) is 9.80. The lowest BCUT2D eigenvalue weighted by Crippen LogP contribution is -2.45. The van der Waals surface area contributed by atoms with Crippen molar-refractivity contribution >= 4 is 5.91 Å². The summed E-state index contributed by atoms with van der Waals surface area (Å²) in [5.74, 6) is -0.0898. The molecular weight excluding hydrogens is 434 g/mol. The van der Waals surface area contributed by atoms with Crippen LogP contribution in [0.15, 0.2) is 36.5 Å². The first-order valence-electron chi connectivity index (χ1n) is 14.7. The van der Waals surface area contributed by atoms with E-state index in [1.165, 1.54) is 70.6 Å². The molecule has 35 heavy (non-hydrogen) atoms. The fraction of sp³-hybridized carbons (Fsp3) is 0.774. The SMILES string of the molecule is CCCC/C=C\CCCCCCCC(=O)NC(CO)C(O)/C=C/CC/C=C/CCCCCCCC. The van der Waals surface area contributed by atoms with Crippen molar-refractivity contribution in [3.05, 3.63) is 36.5 Å². The van der Waals surface area contributed by atoms with Crippen LogP contribution >= 0.6 is 0 Å². The molecule has 3 N–H and O–H groups in total. The number of hydrogen-bond acceptors (Lipinski definition) is 3. The molecule has 204 valence electrons. The predicted molar refractivity (Wildman–Crippen MR) is 152 cm³/mol. The van der Waals surface area contributed by atoms with Gasteiger partial charge < -0.3 is 15.5 Å². The van der Waals surface area contributed by atoms with Gasteiger partial charge in [-0.2, -0.15) is 0 Å². The monoisotopic (exact) mass is 491 g/mol. The molecule has 0 saturated carbocycles. The molecule has 0 aliphatic carbocycles. The summed E-state index contributed by atoms with van der Waals surface area (Å²) in [6.45, 7) is 4.20. The molecule has 0 heterocycles. The van der Waals surface area contributed by atoms with Gasteiger partial charge in [0.2, 0.25) is 5.91 Å². The Kier molecular flexibility index (Phi) is 26.1. The van der Waals surface area contributed by atoms with Crippen LogP contribution in [0.1, 0.15) is 136 Å². The molecule has 0 aromatic heterocycles. The van der Waals surface area contributed by atoms with Crippen molar-refractivity contribution in [2.75, 3.05) is 6.61 Å². The summed E-state index contributed by atoms with van der Waals surface area (Å²) in [7, 11) is 0. The van der Waals surface area contributed by atoms with E-state index in [1.807, 2.05) is 6.08 Å². The van der Waals surface area contributed by atoms with Crippen molar-refractivity contribution in [3.63, 3.8) is 0 Å². The topological polar surface area (TPSA) is 69.6 Å². The summed E-state index contributed by atoms with van der Waals surface area (Å²) in [6.07, 6.45) is 33.5. The lowest BCUT2D eigenvalue weighted by atomic mass is 10.1. The Morgan fingerprint density at radius 1 is 0.657 bits per heavy atom. The molecule has 2 unspecified atom stereocenters. The number of carbonyl (C=O) groups is 1. The molecule has 4 heteroatoms. The third-order valence-electron chi connectivity index (χ3n) is 6.35. The summed E-state index contributed by atoms with van der Waals surface area (Å²) in [4.78, 5) is 12.2. The number of carbonyl (C=O) groups excluding carboxylic acids is 1. The zero-order valence-electron chi connectivity index (χ0n) is 23.1. The van der Waals surface area contributed by atoms with Gasteiger partial charge in [-0.3, -0.25) is 4.79 Å². The average molecular weight is 492 g/mol. The molecule has 0 bridgehead atoms. The molecule has 2 atom stereocenters. The maximum Gasteiger partial charge on any atom is 0.220 e. The van der Waals surface area contributed by atoms with Gasteiger partial charge in [-0.15, -0.1) is 0 Å². The Morgan fingerprint density at radius 3 is 1.74 bits per heavy atom. The molecule has 0 aliphatic heterocycles. The number of aliphatic hydroxyl groups excluding tert-OH is 2. The molecule has 0 saturated heterocycles. The first-order chi connectivity index (χ1) is 17.2. The molecule has 0 aromatic carbocycles. The Balaban J connectivity index is 3.79. The van der Waals surface area contributed by atoms with Gasteiger partial charge in [0.05, 0.1) is 18.8 Å². The van der Waals surface area contributed by atoms with Crippen LogP contribution in [0.4, 0.5) is 0 Å². The first-order valence-corrected chi connectivity index (χ1v) is 14.7. The van der Waals surface area contributed by atoms with Crippen LogP contribution in [0.25, 0.3) is 0 Å². The number of allylic oxidation sites excluding steroid dienone is 5. The highest BCUT2D eigenvalue weighted by Crippen LogP contribution is 2.10. The Labute approximate surface area is 217 Å². The fourth-order valence-corrected chi connectivity index (χ4v) is 3.99. The van der Waals surface area contributed by atoms with E-state index in [-0.39, 0.29) is 12.5 Å². The van der Waals surface area contributed by atoms with Crippen molar-refractivity contribution in [2.24, 2.45) is 0 Å². The number of nitrogens with one attached hydrogen (secondary N) is 1. The minimum atomic E-state index is -0.860. The van der Waals surface area contributed by atoms with E-state index >= 15 is 0 Å². The largest absolute Gasteiger partial charge is 0.394 e. The summed E-state index contributed by atoms with van der Waals surface area (Å²) in [6, 6.07) is -0.638. The van der Waals surface area contributed by atoms with E-state index in [4.69, 9.17) is 0 Å². The normalized spacial score (nSPS) is 13.8. The molecule has 4 nitrogen and oxygen atoms in total. The van der Waals surface area contributed by atoms with E-state index in [9.17, 15) is 15.0 Å². The number of hydrogen-bond donors (Lipinski definition) is 3. The second-order valence-electron chi connectivity index (χ2n) is 9.80. The summed E-state index contributed by atoms with van der Waals surface area (Å²) >= 11 is 0. The van der Waals surface area contributed by atoms with Gasteiger partial charge >= 0.3 is 0 Å². The highest BCUT2D eigenvalue weighted by molar-refractivity contribution is 5.76. The summed E-state index contributed by atoms with van der Waals surface area (Å²) in [5, 5.41) is 22.6. The van der Waals surface area contributed by atoms with Crippen LogP contribution < -0.4 is 5.32 Å². The molecule has 0 aliphatic rings. The average Bonchev–Trinajstić information content (AvgIpc) is 2.86. The molecule has 0 radical (unpaired) electrons. The van der Waals surface area contributed by atoms with E-state index in [1.54, 1.807) is 6.08 Å². The lowest BCUT2D eigenvalue weighted by molar-refractivity contribution is -0.123. The lowest BCUT2D eigenvalue weighted by Gasteiger charge is -2.19. The van der Waals surface area contributed by atoms with E-state index < -0.39 is 12.1 Å². The quantitative estimate of drug-likeness (QED) is 0.0896. The van der Waals surface area contributed by atoms with Crippen LogP contribution in [0, 0.1) is 0 Å². The van der Waals surface area contributed by atoms with E-state index in [0.717, 1.165) is 44.9 Å². The number of amides is 1. The standard InChI is InChI=1S/C31H57NO3/c1-3-5-7-9-11-13-15-17-18-20-22-24-26-30(34)29(28-33)32-31(35)27-25-23-21-19-16-14-12-10-8-6-4-2/h10,12,17-18,24,26,29-30,33-34H,3-9,11,13-16,19-23,25,27-28H2,1-2H3,(H,32,35)/b12-10-,18-17+,26-24+.